The molecule has 0 saturated heterocycles. The van der Waals surface area contributed by atoms with Crippen molar-refractivity contribution in [3.8, 4) is 0 Å². The Hall–Kier alpha value is -1.65. The summed E-state index contributed by atoms with van der Waals surface area (Å²) in [5, 5.41) is 12.2. The van der Waals surface area contributed by atoms with Crippen molar-refractivity contribution in [3.63, 3.8) is 0 Å². The zero-order valence-electron chi connectivity index (χ0n) is 7.44. The van der Waals surface area contributed by atoms with E-state index in [9.17, 15) is 9.59 Å². The van der Waals surface area contributed by atoms with E-state index in [2.05, 4.69) is 5.10 Å². The molecule has 1 heterocycles. The molecular formula is C8H10N2O3. The number of carboxylic acids is 1. The van der Waals surface area contributed by atoms with E-state index in [4.69, 9.17) is 5.11 Å². The van der Waals surface area contributed by atoms with Crippen LogP contribution in [0.3, 0.4) is 0 Å². The Morgan fingerprint density at radius 3 is 2.77 bits per heavy atom. The summed E-state index contributed by atoms with van der Waals surface area (Å²) in [6.07, 6.45) is 0.509. The maximum absolute atomic E-state index is 11.3. The molecule has 5 nitrogen and oxygen atoms in total. The maximum atomic E-state index is 11.3. The van der Waals surface area contributed by atoms with E-state index in [1.54, 1.807) is 6.92 Å². The molecule has 0 spiro atoms. The zero-order valence-corrected chi connectivity index (χ0v) is 7.44. The quantitative estimate of drug-likeness (QED) is 0.701. The van der Waals surface area contributed by atoms with Crippen molar-refractivity contribution < 1.29 is 9.90 Å². The van der Waals surface area contributed by atoms with Gasteiger partial charge in [-0.2, -0.15) is 5.10 Å². The van der Waals surface area contributed by atoms with Gasteiger partial charge >= 0.3 is 5.97 Å². The first-order valence-corrected chi connectivity index (χ1v) is 3.86. The predicted octanol–water partition coefficient (Wildman–Crippen LogP) is 0.0409. The van der Waals surface area contributed by atoms with Crippen LogP contribution in [0.2, 0.25) is 0 Å². The van der Waals surface area contributed by atoms with Crippen molar-refractivity contribution in [2.45, 2.75) is 13.3 Å². The molecule has 0 radical (unpaired) electrons. The van der Waals surface area contributed by atoms with Crippen LogP contribution in [0.25, 0.3) is 0 Å². The van der Waals surface area contributed by atoms with Gasteiger partial charge in [-0.25, -0.2) is 9.48 Å². The minimum atomic E-state index is -1.12. The van der Waals surface area contributed by atoms with Gasteiger partial charge < -0.3 is 5.11 Å². The highest BCUT2D eigenvalue weighted by Gasteiger charge is 2.09. The van der Waals surface area contributed by atoms with Crippen molar-refractivity contribution in [2.24, 2.45) is 7.05 Å². The van der Waals surface area contributed by atoms with Gasteiger partial charge in [0.25, 0.3) is 5.56 Å². The van der Waals surface area contributed by atoms with Gasteiger partial charge in [0.2, 0.25) is 0 Å². The van der Waals surface area contributed by atoms with Gasteiger partial charge in [-0.3, -0.25) is 4.79 Å². The molecule has 1 aromatic rings. The lowest BCUT2D eigenvalue weighted by atomic mass is 10.2. The van der Waals surface area contributed by atoms with E-state index >= 15 is 0 Å². The standard InChI is InChI=1S/C8H10N2O3/c1-3-5-4-6(8(12)13)9-10(2)7(5)11/h4H,3H2,1-2H3,(H,12,13). The average Bonchev–Trinajstić information content (AvgIpc) is 2.09. The molecule has 70 valence electrons. The molecule has 0 fully saturated rings. The molecular weight excluding hydrogens is 172 g/mol. The zero-order chi connectivity index (χ0) is 10.0. The highest BCUT2D eigenvalue weighted by atomic mass is 16.4. The summed E-state index contributed by atoms with van der Waals surface area (Å²) in [6, 6.07) is 1.31. The summed E-state index contributed by atoms with van der Waals surface area (Å²) in [4.78, 5) is 21.8. The lowest BCUT2D eigenvalue weighted by Crippen LogP contribution is -2.25. The van der Waals surface area contributed by atoms with Gasteiger partial charge in [-0.1, -0.05) is 6.92 Å². The van der Waals surface area contributed by atoms with Crippen LogP contribution in [0.1, 0.15) is 23.0 Å². The monoisotopic (exact) mass is 182 g/mol. The van der Waals surface area contributed by atoms with E-state index in [0.29, 0.717) is 12.0 Å². The summed E-state index contributed by atoms with van der Waals surface area (Å²) >= 11 is 0. The van der Waals surface area contributed by atoms with Crippen LogP contribution >= 0.6 is 0 Å². The van der Waals surface area contributed by atoms with Crippen LogP contribution in [0.4, 0.5) is 0 Å². The van der Waals surface area contributed by atoms with Crippen LogP contribution < -0.4 is 5.56 Å². The van der Waals surface area contributed by atoms with Gasteiger partial charge in [-0.15, -0.1) is 0 Å². The highest BCUT2D eigenvalue weighted by molar-refractivity contribution is 5.85. The Kier molecular flexibility index (Phi) is 2.46. The molecule has 0 aromatic carbocycles. The Bertz CT molecular complexity index is 395. The summed E-state index contributed by atoms with van der Waals surface area (Å²) < 4.78 is 1.04. The summed E-state index contributed by atoms with van der Waals surface area (Å²) in [7, 11) is 1.44. The molecule has 0 amide bonds. The number of carboxylic acid groups (broad SMARTS) is 1. The van der Waals surface area contributed by atoms with Gasteiger partial charge in [0, 0.05) is 12.6 Å². The number of nitrogens with zero attached hydrogens (tertiary/aromatic N) is 2. The normalized spacial score (nSPS) is 10.0. The first-order chi connectivity index (χ1) is 6.06. The summed E-state index contributed by atoms with van der Waals surface area (Å²) in [5.41, 5.74) is 0.126. The van der Waals surface area contributed by atoms with Crippen molar-refractivity contribution in [1.82, 2.24) is 9.78 Å². The average molecular weight is 182 g/mol. The van der Waals surface area contributed by atoms with E-state index in [0.717, 1.165) is 4.68 Å². The third-order valence-electron chi connectivity index (χ3n) is 1.74. The SMILES string of the molecule is CCc1cc(C(=O)O)nn(C)c1=O. The fourth-order valence-corrected chi connectivity index (χ4v) is 1.03. The fraction of sp³-hybridized carbons (Fsp3) is 0.375. The Morgan fingerprint density at radius 2 is 2.31 bits per heavy atom. The van der Waals surface area contributed by atoms with Crippen LogP contribution in [0, 0.1) is 0 Å². The first kappa shape index (κ1) is 9.44. The third kappa shape index (κ3) is 1.74. The number of carbonyl (C=O) groups is 1. The molecule has 1 aromatic heterocycles. The van der Waals surface area contributed by atoms with Crippen LogP contribution in [-0.2, 0) is 13.5 Å². The molecule has 13 heavy (non-hydrogen) atoms. The number of hydrogen-bond donors (Lipinski definition) is 1. The van der Waals surface area contributed by atoms with Crippen molar-refractivity contribution in [3.05, 3.63) is 27.7 Å². The Morgan fingerprint density at radius 1 is 1.69 bits per heavy atom. The Balaban J connectivity index is 3.39. The molecule has 5 heteroatoms. The summed E-state index contributed by atoms with van der Waals surface area (Å²) in [6.45, 7) is 1.79. The number of aromatic carboxylic acids is 1. The van der Waals surface area contributed by atoms with Crippen LogP contribution in [0.5, 0.6) is 0 Å². The lowest BCUT2D eigenvalue weighted by Gasteiger charge is -2.01. The minimum absolute atomic E-state index is 0.0982. The molecule has 0 saturated carbocycles. The van der Waals surface area contributed by atoms with Gasteiger partial charge in [0.1, 0.15) is 0 Å². The fourth-order valence-electron chi connectivity index (χ4n) is 1.03. The third-order valence-corrected chi connectivity index (χ3v) is 1.74. The molecule has 1 N–H and O–H groups in total. The number of hydrogen-bond acceptors (Lipinski definition) is 3. The van der Waals surface area contributed by atoms with Crippen LogP contribution in [0.15, 0.2) is 10.9 Å². The topological polar surface area (TPSA) is 72.2 Å². The first-order valence-electron chi connectivity index (χ1n) is 3.86. The minimum Gasteiger partial charge on any atom is -0.476 e. The van der Waals surface area contributed by atoms with E-state index < -0.39 is 5.97 Å². The highest BCUT2D eigenvalue weighted by Crippen LogP contribution is 1.96. The van der Waals surface area contributed by atoms with Crippen molar-refractivity contribution in [2.75, 3.05) is 0 Å². The van der Waals surface area contributed by atoms with Gasteiger partial charge in [0.05, 0.1) is 0 Å². The van der Waals surface area contributed by atoms with Gasteiger partial charge in [-0.05, 0) is 12.5 Å². The van der Waals surface area contributed by atoms with Gasteiger partial charge in [0.15, 0.2) is 5.69 Å². The van der Waals surface area contributed by atoms with E-state index in [-0.39, 0.29) is 11.3 Å². The van der Waals surface area contributed by atoms with E-state index in [1.165, 1.54) is 13.1 Å². The second-order valence-corrected chi connectivity index (χ2v) is 2.64. The molecule has 0 bridgehead atoms. The second kappa shape index (κ2) is 3.38. The molecule has 1 rings (SSSR count). The van der Waals surface area contributed by atoms with Crippen molar-refractivity contribution >= 4 is 5.97 Å². The summed E-state index contributed by atoms with van der Waals surface area (Å²) in [5.74, 6) is -1.12. The maximum Gasteiger partial charge on any atom is 0.356 e. The number of aryl methyl sites for hydroxylation is 2. The molecule has 0 aliphatic carbocycles. The predicted molar refractivity (Wildman–Crippen MR) is 45.8 cm³/mol. The molecule has 0 aliphatic rings. The molecule has 0 aliphatic heterocycles. The molecule has 0 unspecified atom stereocenters. The number of rotatable bonds is 2. The second-order valence-electron chi connectivity index (χ2n) is 2.64. The Labute approximate surface area is 74.6 Å². The largest absolute Gasteiger partial charge is 0.476 e. The van der Waals surface area contributed by atoms with E-state index in [1.807, 2.05) is 0 Å². The molecule has 0 atom stereocenters. The lowest BCUT2D eigenvalue weighted by molar-refractivity contribution is 0.0687. The van der Waals surface area contributed by atoms with Crippen molar-refractivity contribution in [1.29, 1.82) is 0 Å². The smallest absolute Gasteiger partial charge is 0.356 e. The number of aromatic nitrogens is 2. The van der Waals surface area contributed by atoms with Crippen LogP contribution in [-0.4, -0.2) is 20.9 Å².